The van der Waals surface area contributed by atoms with Crippen molar-refractivity contribution in [3.05, 3.63) is 0 Å². The second-order valence-electron chi connectivity index (χ2n) is 14.6. The van der Waals surface area contributed by atoms with Gasteiger partial charge in [-0.3, -0.25) is 0 Å². The van der Waals surface area contributed by atoms with E-state index in [4.69, 9.17) is 23.2 Å². The Kier molecular flexibility index (Phi) is 31.2. The molecule has 0 aliphatic heterocycles. The quantitative estimate of drug-likeness (QED) is 0.0274. The van der Waals surface area contributed by atoms with Crippen molar-refractivity contribution in [2.75, 3.05) is 39.3 Å². The van der Waals surface area contributed by atoms with Gasteiger partial charge in [-0.1, -0.05) is 167 Å². The first kappa shape index (κ1) is 44.5. The minimum absolute atomic E-state index is 0.319. The third-order valence-electron chi connectivity index (χ3n) is 10.6. The summed E-state index contributed by atoms with van der Waals surface area (Å²) in [5.41, 5.74) is 0.638. The molecule has 2 atom stereocenters. The first-order valence-corrected chi connectivity index (χ1v) is 21.3. The molecule has 0 radical (unpaired) electrons. The zero-order valence-electron chi connectivity index (χ0n) is 31.4. The largest absolute Gasteiger partial charge is 0.309 e. The third-order valence-corrected chi connectivity index (χ3v) is 11.8. The highest BCUT2D eigenvalue weighted by Gasteiger charge is 2.34. The molecule has 0 bridgehead atoms. The molecule has 0 N–H and O–H groups in total. The molecular formula is C40H84Cl2N2+2. The van der Waals surface area contributed by atoms with Gasteiger partial charge in [0.2, 0.25) is 0 Å². The standard InChI is InChI=1S/C40H84Cl2N2/c1-7-13-33-43(34-14-8-2,35-15-9-3)39(41)31-29-27-25-23-21-19-20-22-24-26-28-30-32-40(42)44(36-16-10-4,37-17-11-5)38-18-12-6/h39-40H,7-38H2,1-6H3/q+2. The van der Waals surface area contributed by atoms with Crippen LogP contribution in [0.5, 0.6) is 0 Å². The highest BCUT2D eigenvalue weighted by molar-refractivity contribution is 6.19. The van der Waals surface area contributed by atoms with Crippen LogP contribution in [0.2, 0.25) is 0 Å². The number of hydrogen-bond acceptors (Lipinski definition) is 0. The van der Waals surface area contributed by atoms with Crippen LogP contribution in [0.25, 0.3) is 0 Å². The smallest absolute Gasteiger partial charge is 0.164 e. The molecule has 0 amide bonds. The molecule has 0 saturated carbocycles. The molecular weight excluding hydrogens is 579 g/mol. The Bertz CT molecular complexity index is 490. The second-order valence-corrected chi connectivity index (χ2v) is 15.6. The van der Waals surface area contributed by atoms with Crippen molar-refractivity contribution in [2.45, 2.75) is 219 Å². The summed E-state index contributed by atoms with van der Waals surface area (Å²) >= 11 is 14.4. The molecule has 4 heteroatoms. The van der Waals surface area contributed by atoms with Crippen molar-refractivity contribution in [3.8, 4) is 0 Å². The molecule has 0 spiro atoms. The monoisotopic (exact) mass is 663 g/mol. The summed E-state index contributed by atoms with van der Waals surface area (Å²) in [7, 11) is 0. The number of rotatable bonds is 35. The van der Waals surface area contributed by atoms with Crippen LogP contribution in [-0.2, 0) is 0 Å². The van der Waals surface area contributed by atoms with Crippen LogP contribution in [0.4, 0.5) is 0 Å². The van der Waals surface area contributed by atoms with E-state index in [1.807, 2.05) is 0 Å². The highest BCUT2D eigenvalue weighted by Crippen LogP contribution is 2.28. The molecule has 0 aromatic carbocycles. The van der Waals surface area contributed by atoms with Gasteiger partial charge in [0.15, 0.2) is 11.0 Å². The van der Waals surface area contributed by atoms with Crippen LogP contribution in [0.15, 0.2) is 0 Å². The molecule has 0 aliphatic rings. The fourth-order valence-electron chi connectivity index (χ4n) is 7.29. The molecule has 0 heterocycles. The molecule has 0 fully saturated rings. The van der Waals surface area contributed by atoms with Crippen molar-refractivity contribution in [3.63, 3.8) is 0 Å². The Hall–Kier alpha value is 0.500. The van der Waals surface area contributed by atoms with Crippen molar-refractivity contribution >= 4 is 23.2 Å². The van der Waals surface area contributed by atoms with Crippen molar-refractivity contribution < 1.29 is 8.97 Å². The van der Waals surface area contributed by atoms with Gasteiger partial charge >= 0.3 is 0 Å². The lowest BCUT2D eigenvalue weighted by Crippen LogP contribution is -2.55. The number of alkyl halides is 2. The van der Waals surface area contributed by atoms with Gasteiger partial charge in [0.05, 0.1) is 39.3 Å². The molecule has 2 unspecified atom stereocenters. The van der Waals surface area contributed by atoms with Crippen LogP contribution in [0.3, 0.4) is 0 Å². The predicted molar refractivity (Wildman–Crippen MR) is 203 cm³/mol. The first-order valence-electron chi connectivity index (χ1n) is 20.4. The summed E-state index contributed by atoms with van der Waals surface area (Å²) < 4.78 is 2.36. The number of nitrogens with zero attached hydrogens (tertiary/aromatic N) is 2. The molecule has 266 valence electrons. The summed E-state index contributed by atoms with van der Waals surface area (Å²) in [6.45, 7) is 21.7. The Labute approximate surface area is 290 Å². The van der Waals surface area contributed by atoms with Crippen molar-refractivity contribution in [2.24, 2.45) is 0 Å². The molecule has 0 aliphatic carbocycles. The van der Waals surface area contributed by atoms with E-state index in [1.54, 1.807) is 0 Å². The van der Waals surface area contributed by atoms with E-state index in [2.05, 4.69) is 41.5 Å². The van der Waals surface area contributed by atoms with Gasteiger partial charge in [-0.05, 0) is 51.4 Å². The van der Waals surface area contributed by atoms with Gasteiger partial charge in [-0.2, -0.15) is 0 Å². The van der Waals surface area contributed by atoms with Crippen LogP contribution in [0, 0.1) is 0 Å². The molecule has 2 nitrogen and oxygen atoms in total. The lowest BCUT2D eigenvalue weighted by Gasteiger charge is -2.43. The Morgan fingerprint density at radius 3 is 0.659 bits per heavy atom. The van der Waals surface area contributed by atoms with Crippen LogP contribution in [0.1, 0.15) is 208 Å². The number of halogens is 2. The normalized spacial score (nSPS) is 13.9. The molecule has 0 aromatic rings. The lowest BCUT2D eigenvalue weighted by molar-refractivity contribution is -0.940. The summed E-state index contributed by atoms with van der Waals surface area (Å²) in [5.74, 6) is 0. The topological polar surface area (TPSA) is 0 Å². The maximum Gasteiger partial charge on any atom is 0.164 e. The average Bonchev–Trinajstić information content (AvgIpc) is 3.04. The summed E-state index contributed by atoms with van der Waals surface area (Å²) in [4.78, 5) is 0. The van der Waals surface area contributed by atoms with Gasteiger partial charge in [-0.25, -0.2) is 0 Å². The van der Waals surface area contributed by atoms with E-state index in [1.165, 1.54) is 215 Å². The van der Waals surface area contributed by atoms with E-state index < -0.39 is 0 Å². The Morgan fingerprint density at radius 2 is 0.477 bits per heavy atom. The summed E-state index contributed by atoms with van der Waals surface area (Å²) in [6, 6.07) is 0. The minimum Gasteiger partial charge on any atom is -0.309 e. The highest BCUT2D eigenvalue weighted by atomic mass is 35.5. The van der Waals surface area contributed by atoms with Crippen molar-refractivity contribution in [1.29, 1.82) is 0 Å². The fourth-order valence-corrected chi connectivity index (χ4v) is 8.18. The van der Waals surface area contributed by atoms with Crippen LogP contribution < -0.4 is 0 Å². The van der Waals surface area contributed by atoms with E-state index in [0.717, 1.165) is 0 Å². The van der Waals surface area contributed by atoms with Crippen LogP contribution >= 0.6 is 23.2 Å². The number of unbranched alkanes of at least 4 members (excludes halogenated alkanes) is 17. The van der Waals surface area contributed by atoms with Crippen molar-refractivity contribution in [1.82, 2.24) is 0 Å². The first-order chi connectivity index (χ1) is 21.4. The maximum absolute atomic E-state index is 7.21. The van der Waals surface area contributed by atoms with Gasteiger partial charge in [0.25, 0.3) is 0 Å². The predicted octanol–water partition coefficient (Wildman–Crippen LogP) is 14.0. The number of hydrogen-bond donors (Lipinski definition) is 0. The maximum atomic E-state index is 7.21. The zero-order chi connectivity index (χ0) is 32.8. The van der Waals surface area contributed by atoms with Crippen LogP contribution in [-0.4, -0.2) is 59.2 Å². The fraction of sp³-hybridized carbons (Fsp3) is 1.00. The summed E-state index contributed by atoms with van der Waals surface area (Å²) in [6.07, 6.45) is 34.8. The molecule has 0 aromatic heterocycles. The minimum atomic E-state index is 0.319. The van der Waals surface area contributed by atoms with E-state index in [0.29, 0.717) is 11.0 Å². The van der Waals surface area contributed by atoms with Gasteiger partial charge in [-0.15, -0.1) is 0 Å². The number of quaternary nitrogens is 2. The van der Waals surface area contributed by atoms with Gasteiger partial charge in [0, 0.05) is 12.8 Å². The van der Waals surface area contributed by atoms with E-state index >= 15 is 0 Å². The molecule has 44 heavy (non-hydrogen) atoms. The van der Waals surface area contributed by atoms with E-state index in [9.17, 15) is 0 Å². The molecule has 0 saturated heterocycles. The zero-order valence-corrected chi connectivity index (χ0v) is 32.9. The Balaban J connectivity index is 4.13. The SMILES string of the molecule is CCCC[N+](CCCC)(CCCC)C(Cl)CCCCCCCCCCCCCCC(Cl)[N+](CCCC)(CCCC)CCCC. The molecule has 0 rings (SSSR count). The van der Waals surface area contributed by atoms with E-state index in [-0.39, 0.29) is 0 Å². The van der Waals surface area contributed by atoms with Gasteiger partial charge < -0.3 is 8.97 Å². The van der Waals surface area contributed by atoms with Gasteiger partial charge in [0.1, 0.15) is 0 Å². The summed E-state index contributed by atoms with van der Waals surface area (Å²) in [5, 5.41) is 0. The average molecular weight is 664 g/mol. The third kappa shape index (κ3) is 20.7. The Morgan fingerprint density at radius 1 is 0.295 bits per heavy atom. The second kappa shape index (κ2) is 30.8. The lowest BCUT2D eigenvalue weighted by atomic mass is 10.0.